The molecule has 2 amide bonds. The highest BCUT2D eigenvalue weighted by atomic mass is 16.3. The van der Waals surface area contributed by atoms with E-state index in [2.05, 4.69) is 15.5 Å². The molecule has 0 spiro atoms. The molecule has 3 N–H and O–H groups in total. The largest absolute Gasteiger partial charge is 0.467 e. The molecule has 1 atom stereocenters. The van der Waals surface area contributed by atoms with E-state index in [1.165, 1.54) is 11.8 Å². The van der Waals surface area contributed by atoms with Crippen molar-refractivity contribution in [3.8, 4) is 0 Å². The number of amides is 2. The highest BCUT2D eigenvalue weighted by Crippen LogP contribution is 2.29. The normalized spacial score (nSPS) is 14.1. The van der Waals surface area contributed by atoms with Gasteiger partial charge in [0.25, 0.3) is 0 Å². The third-order valence-electron chi connectivity index (χ3n) is 4.28. The van der Waals surface area contributed by atoms with Gasteiger partial charge in [0.05, 0.1) is 18.9 Å². The number of likely N-dealkylation sites (N-methyl/N-ethyl adjacent to an activating group) is 1. The number of nitrogens with one attached hydrogen (secondary N) is 2. The van der Waals surface area contributed by atoms with Crippen molar-refractivity contribution < 1.29 is 19.1 Å². The van der Waals surface area contributed by atoms with E-state index in [1.807, 2.05) is 25.2 Å². The van der Waals surface area contributed by atoms with Crippen LogP contribution in [0, 0.1) is 0 Å². The van der Waals surface area contributed by atoms with Crippen LogP contribution in [0.4, 0.5) is 5.69 Å². The summed E-state index contributed by atoms with van der Waals surface area (Å²) in [4.78, 5) is 25.7. The summed E-state index contributed by atoms with van der Waals surface area (Å²) in [5.74, 6) is -0.991. The fourth-order valence-electron chi connectivity index (χ4n) is 2.84. The summed E-state index contributed by atoms with van der Waals surface area (Å²) in [5.41, 5.74) is 3.07. The van der Waals surface area contributed by atoms with Gasteiger partial charge in [0.15, 0.2) is 0 Å². The highest BCUT2D eigenvalue weighted by molar-refractivity contribution is 6.35. The Hall–Kier alpha value is -2.80. The van der Waals surface area contributed by atoms with Crippen molar-refractivity contribution in [3.05, 3.63) is 53.5 Å². The number of benzene rings is 1. The minimum atomic E-state index is -0.863. The van der Waals surface area contributed by atoms with Gasteiger partial charge in [0, 0.05) is 25.8 Å². The lowest BCUT2D eigenvalue weighted by molar-refractivity contribution is -0.139. The average molecular weight is 343 g/mol. The second-order valence-electron chi connectivity index (χ2n) is 6.05. The molecule has 7 heteroatoms. The number of rotatable bonds is 5. The second kappa shape index (κ2) is 7.40. The van der Waals surface area contributed by atoms with Crippen LogP contribution in [0.15, 0.2) is 41.0 Å². The van der Waals surface area contributed by atoms with Crippen LogP contribution in [0.25, 0.3) is 0 Å². The molecule has 0 saturated carbocycles. The molecular formula is C18H21N3O4. The fourth-order valence-corrected chi connectivity index (χ4v) is 2.84. The minimum absolute atomic E-state index is 0.0262. The van der Waals surface area contributed by atoms with Crippen LogP contribution in [0.3, 0.4) is 0 Å². The van der Waals surface area contributed by atoms with Crippen LogP contribution in [0.2, 0.25) is 0 Å². The summed E-state index contributed by atoms with van der Waals surface area (Å²) in [6.45, 7) is 1.07. The van der Waals surface area contributed by atoms with Crippen molar-refractivity contribution in [3.63, 3.8) is 0 Å². The number of hydrogen-bond acceptors (Lipinski definition) is 5. The summed E-state index contributed by atoms with van der Waals surface area (Å²) >= 11 is 0. The van der Waals surface area contributed by atoms with E-state index in [1.54, 1.807) is 12.1 Å². The first-order valence-corrected chi connectivity index (χ1v) is 8.15. The Kier molecular flexibility index (Phi) is 5.04. The van der Waals surface area contributed by atoms with E-state index in [9.17, 15) is 14.7 Å². The number of carbonyl (C=O) groups excluding carboxylic acids is 2. The number of aliphatic hydroxyl groups is 1. The van der Waals surface area contributed by atoms with Crippen molar-refractivity contribution in [1.82, 2.24) is 10.6 Å². The maximum atomic E-state index is 11.8. The van der Waals surface area contributed by atoms with E-state index in [0.717, 1.165) is 24.2 Å². The molecule has 0 bridgehead atoms. The Balaban J connectivity index is 1.49. The third kappa shape index (κ3) is 4.00. The molecule has 1 aromatic carbocycles. The van der Waals surface area contributed by atoms with E-state index in [-0.39, 0.29) is 13.1 Å². The first-order valence-electron chi connectivity index (χ1n) is 8.15. The molecule has 0 aliphatic carbocycles. The zero-order valence-electron chi connectivity index (χ0n) is 14.0. The molecule has 0 unspecified atom stereocenters. The van der Waals surface area contributed by atoms with Crippen molar-refractivity contribution in [2.24, 2.45) is 0 Å². The van der Waals surface area contributed by atoms with Gasteiger partial charge in [-0.25, -0.2) is 0 Å². The first-order chi connectivity index (χ1) is 12.0. The van der Waals surface area contributed by atoms with Gasteiger partial charge >= 0.3 is 11.8 Å². The number of furan rings is 1. The Morgan fingerprint density at radius 2 is 2.08 bits per heavy atom. The fraction of sp³-hybridized carbons (Fsp3) is 0.333. The smallest absolute Gasteiger partial charge is 0.309 e. The summed E-state index contributed by atoms with van der Waals surface area (Å²) < 4.78 is 5.07. The van der Waals surface area contributed by atoms with Crippen molar-refractivity contribution in [2.45, 2.75) is 19.1 Å². The number of carbonyl (C=O) groups is 2. The number of fused-ring (bicyclic) bond motifs is 1. The lowest BCUT2D eigenvalue weighted by atomic mass is 10.0. The van der Waals surface area contributed by atoms with Gasteiger partial charge in [0.2, 0.25) is 0 Å². The predicted molar refractivity (Wildman–Crippen MR) is 91.9 cm³/mol. The number of aliphatic hydroxyl groups excluding tert-OH is 1. The zero-order valence-corrected chi connectivity index (χ0v) is 14.0. The average Bonchev–Trinajstić information content (AvgIpc) is 3.27. The maximum absolute atomic E-state index is 11.8. The molecule has 1 aliphatic heterocycles. The molecule has 0 saturated heterocycles. The molecule has 1 aliphatic rings. The van der Waals surface area contributed by atoms with Crippen LogP contribution >= 0.6 is 0 Å². The van der Waals surface area contributed by atoms with E-state index in [0.29, 0.717) is 5.76 Å². The van der Waals surface area contributed by atoms with Gasteiger partial charge in [-0.1, -0.05) is 12.1 Å². The SMILES string of the molecule is CN1CCc2cc([C@H](O)CNC(=O)C(=O)NCc3ccco3)ccc21. The predicted octanol–water partition coefficient (Wildman–Crippen LogP) is 0.738. The standard InChI is InChI=1S/C18H21N3O4/c1-21-7-6-12-9-13(4-5-15(12)21)16(22)11-20-18(24)17(23)19-10-14-3-2-8-25-14/h2-5,8-9,16,22H,6-7,10-11H2,1H3,(H,19,23)(H,20,24)/t16-/m1/s1. The Labute approximate surface area is 145 Å². The quantitative estimate of drug-likeness (QED) is 0.696. The van der Waals surface area contributed by atoms with Gasteiger partial charge < -0.3 is 25.1 Å². The molecule has 0 fully saturated rings. The molecule has 132 valence electrons. The molecule has 3 rings (SSSR count). The van der Waals surface area contributed by atoms with Crippen LogP contribution in [0.1, 0.15) is 23.0 Å². The Morgan fingerprint density at radius 3 is 2.84 bits per heavy atom. The van der Waals surface area contributed by atoms with Crippen LogP contribution < -0.4 is 15.5 Å². The summed E-state index contributed by atoms with van der Waals surface area (Å²) in [5, 5.41) is 15.2. The summed E-state index contributed by atoms with van der Waals surface area (Å²) in [6.07, 6.45) is 1.57. The zero-order chi connectivity index (χ0) is 17.8. The molecule has 0 radical (unpaired) electrons. The van der Waals surface area contributed by atoms with Crippen LogP contribution in [-0.2, 0) is 22.6 Å². The van der Waals surface area contributed by atoms with Crippen molar-refractivity contribution in [2.75, 3.05) is 25.0 Å². The molecule has 1 aromatic heterocycles. The number of hydrogen-bond donors (Lipinski definition) is 3. The number of nitrogens with zero attached hydrogens (tertiary/aromatic N) is 1. The van der Waals surface area contributed by atoms with Gasteiger partial charge in [-0.05, 0) is 35.7 Å². The summed E-state index contributed by atoms with van der Waals surface area (Å²) in [7, 11) is 2.03. The topological polar surface area (TPSA) is 94.8 Å². The highest BCUT2D eigenvalue weighted by Gasteiger charge is 2.19. The van der Waals surface area contributed by atoms with Crippen LogP contribution in [-0.4, -0.2) is 37.1 Å². The van der Waals surface area contributed by atoms with Gasteiger partial charge in [0.1, 0.15) is 5.76 Å². The van der Waals surface area contributed by atoms with Crippen molar-refractivity contribution in [1.29, 1.82) is 0 Å². The molecule has 2 heterocycles. The molecular weight excluding hydrogens is 322 g/mol. The number of anilines is 1. The van der Waals surface area contributed by atoms with Crippen LogP contribution in [0.5, 0.6) is 0 Å². The van der Waals surface area contributed by atoms with Crippen molar-refractivity contribution >= 4 is 17.5 Å². The monoisotopic (exact) mass is 343 g/mol. The third-order valence-corrected chi connectivity index (χ3v) is 4.28. The molecule has 2 aromatic rings. The molecule has 25 heavy (non-hydrogen) atoms. The molecule has 7 nitrogen and oxygen atoms in total. The van der Waals surface area contributed by atoms with Gasteiger partial charge in [-0.15, -0.1) is 0 Å². The maximum Gasteiger partial charge on any atom is 0.309 e. The van der Waals surface area contributed by atoms with E-state index in [4.69, 9.17) is 4.42 Å². The summed E-state index contributed by atoms with van der Waals surface area (Å²) in [6, 6.07) is 9.17. The lowest BCUT2D eigenvalue weighted by Crippen LogP contribution is -2.41. The Bertz CT molecular complexity index is 758. The Morgan fingerprint density at radius 1 is 1.28 bits per heavy atom. The van der Waals surface area contributed by atoms with Gasteiger partial charge in [-0.2, -0.15) is 0 Å². The minimum Gasteiger partial charge on any atom is -0.467 e. The second-order valence-corrected chi connectivity index (χ2v) is 6.05. The lowest BCUT2D eigenvalue weighted by Gasteiger charge is -2.15. The first kappa shape index (κ1) is 17.0. The van der Waals surface area contributed by atoms with Gasteiger partial charge in [-0.3, -0.25) is 9.59 Å². The van der Waals surface area contributed by atoms with E-state index < -0.39 is 17.9 Å². The van der Waals surface area contributed by atoms with E-state index >= 15 is 0 Å².